The van der Waals surface area contributed by atoms with E-state index in [9.17, 15) is 26.3 Å². The van der Waals surface area contributed by atoms with Crippen molar-refractivity contribution in [3.05, 3.63) is 21.9 Å². The predicted octanol–water partition coefficient (Wildman–Crippen LogP) is 4.26. The van der Waals surface area contributed by atoms with Crippen LogP contribution in [0.25, 0.3) is 0 Å². The van der Waals surface area contributed by atoms with Gasteiger partial charge in [0.1, 0.15) is 0 Å². The van der Waals surface area contributed by atoms with Crippen molar-refractivity contribution in [2.24, 2.45) is 5.41 Å². The summed E-state index contributed by atoms with van der Waals surface area (Å²) in [5.41, 5.74) is 0.555. The van der Waals surface area contributed by atoms with Crippen molar-refractivity contribution in [3.8, 4) is 0 Å². The Kier molecular flexibility index (Phi) is 11.5. The van der Waals surface area contributed by atoms with Crippen molar-refractivity contribution in [2.75, 3.05) is 40.4 Å². The molecule has 0 aromatic carbocycles. The standard InChI is InChI=1S/C17H28N2OS.2C2HF3O2/c1-14-4-5-16(21-14)11-19-8-6-17(7-9-19)10-15(12-20-3)18(2)13-17;2*3-2(4,5)1(6)7/h4-5,15H,6-13H2,1-3H3;2*(H,6,7). The number of aliphatic carboxylic acids is 2. The second-order valence-corrected chi connectivity index (χ2v) is 10.00. The van der Waals surface area contributed by atoms with Gasteiger partial charge in [0, 0.05) is 36.0 Å². The number of aryl methyl sites for hydroxylation is 1. The van der Waals surface area contributed by atoms with Crippen LogP contribution in [-0.2, 0) is 20.9 Å². The molecular formula is C21H30F6N2O5S. The van der Waals surface area contributed by atoms with Crippen LogP contribution >= 0.6 is 11.3 Å². The second-order valence-electron chi connectivity index (χ2n) is 8.62. The first-order chi connectivity index (χ1) is 16.0. The number of likely N-dealkylation sites (tertiary alicyclic amines) is 2. The highest BCUT2D eigenvalue weighted by Crippen LogP contribution is 2.43. The fourth-order valence-corrected chi connectivity index (χ4v) is 5.03. The average molecular weight is 537 g/mol. The maximum atomic E-state index is 10.6. The van der Waals surface area contributed by atoms with Gasteiger partial charge in [-0.1, -0.05) is 0 Å². The first-order valence-corrected chi connectivity index (χ1v) is 11.4. The third-order valence-corrected chi connectivity index (χ3v) is 6.80. The number of piperidine rings is 1. The number of thiophene rings is 1. The Bertz CT molecular complexity index is 798. The Balaban J connectivity index is 0.000000362. The Morgan fingerprint density at radius 1 is 1.09 bits per heavy atom. The summed E-state index contributed by atoms with van der Waals surface area (Å²) in [6.45, 7) is 7.99. The van der Waals surface area contributed by atoms with Crippen molar-refractivity contribution in [1.29, 1.82) is 0 Å². The van der Waals surface area contributed by atoms with E-state index < -0.39 is 24.3 Å². The number of ether oxygens (including phenoxy) is 1. The zero-order chi connectivity index (χ0) is 27.0. The highest BCUT2D eigenvalue weighted by molar-refractivity contribution is 7.11. The fraction of sp³-hybridized carbons (Fsp3) is 0.714. The molecule has 0 saturated carbocycles. The van der Waals surface area contributed by atoms with Gasteiger partial charge >= 0.3 is 24.3 Å². The van der Waals surface area contributed by atoms with E-state index in [2.05, 4.69) is 35.9 Å². The largest absolute Gasteiger partial charge is 0.490 e. The monoisotopic (exact) mass is 536 g/mol. The lowest BCUT2D eigenvalue weighted by Gasteiger charge is -2.39. The lowest BCUT2D eigenvalue weighted by molar-refractivity contribution is -0.193. The number of alkyl halides is 6. The Hall–Kier alpha value is -1.90. The first kappa shape index (κ1) is 31.1. The van der Waals surface area contributed by atoms with Crippen LogP contribution in [0.4, 0.5) is 26.3 Å². The SMILES string of the molecule is COCC1CC2(CCN(Cc3ccc(C)s3)CC2)CN1C.O=C(O)C(F)(F)F.O=C(O)C(F)(F)F. The van der Waals surface area contributed by atoms with Crippen LogP contribution in [0.2, 0.25) is 0 Å². The molecule has 2 aliphatic heterocycles. The topological polar surface area (TPSA) is 90.3 Å². The third kappa shape index (κ3) is 10.7. The van der Waals surface area contributed by atoms with Crippen LogP contribution in [0.1, 0.15) is 29.0 Å². The molecular weight excluding hydrogens is 506 g/mol. The van der Waals surface area contributed by atoms with Gasteiger partial charge in [0.05, 0.1) is 6.61 Å². The fourth-order valence-electron chi connectivity index (χ4n) is 4.10. The van der Waals surface area contributed by atoms with E-state index in [0.717, 1.165) is 13.2 Å². The molecule has 14 heteroatoms. The van der Waals surface area contributed by atoms with Crippen molar-refractivity contribution in [2.45, 2.75) is 51.1 Å². The zero-order valence-corrected chi connectivity index (χ0v) is 20.4. The molecule has 1 atom stereocenters. The average Bonchev–Trinajstić information content (AvgIpc) is 3.26. The molecule has 0 aliphatic carbocycles. The van der Waals surface area contributed by atoms with Gasteiger partial charge in [0.15, 0.2) is 0 Å². The van der Waals surface area contributed by atoms with Crippen LogP contribution in [0.15, 0.2) is 12.1 Å². The van der Waals surface area contributed by atoms with E-state index in [1.54, 1.807) is 0 Å². The molecule has 1 aromatic heterocycles. The third-order valence-electron chi connectivity index (χ3n) is 5.81. The summed E-state index contributed by atoms with van der Waals surface area (Å²) >= 11 is 1.95. The number of nitrogens with zero attached hydrogens (tertiary/aromatic N) is 2. The molecule has 3 heterocycles. The van der Waals surface area contributed by atoms with Gasteiger partial charge in [-0.05, 0) is 63.9 Å². The smallest absolute Gasteiger partial charge is 0.475 e. The number of rotatable bonds is 4. The summed E-state index contributed by atoms with van der Waals surface area (Å²) in [6.07, 6.45) is -6.15. The van der Waals surface area contributed by atoms with Gasteiger partial charge in [-0.3, -0.25) is 4.90 Å². The molecule has 1 aromatic rings. The molecule has 0 bridgehead atoms. The number of hydrogen-bond acceptors (Lipinski definition) is 6. The van der Waals surface area contributed by atoms with E-state index in [0.29, 0.717) is 11.5 Å². The Morgan fingerprint density at radius 2 is 1.57 bits per heavy atom. The number of methoxy groups -OCH3 is 1. The van der Waals surface area contributed by atoms with Crippen molar-refractivity contribution in [1.82, 2.24) is 9.80 Å². The van der Waals surface area contributed by atoms with Crippen LogP contribution in [0.5, 0.6) is 0 Å². The van der Waals surface area contributed by atoms with Crippen LogP contribution in [0.3, 0.4) is 0 Å². The minimum atomic E-state index is -5.08. The Labute approximate surface area is 203 Å². The molecule has 2 N–H and O–H groups in total. The van der Waals surface area contributed by atoms with E-state index in [-0.39, 0.29) is 0 Å². The maximum absolute atomic E-state index is 10.6. The molecule has 2 aliphatic rings. The minimum absolute atomic E-state index is 0.555. The number of hydrogen-bond donors (Lipinski definition) is 2. The molecule has 1 unspecified atom stereocenters. The van der Waals surface area contributed by atoms with E-state index in [4.69, 9.17) is 24.5 Å². The molecule has 202 valence electrons. The second kappa shape index (κ2) is 12.9. The van der Waals surface area contributed by atoms with E-state index in [1.165, 1.54) is 48.7 Å². The molecule has 2 saturated heterocycles. The summed E-state index contributed by atoms with van der Waals surface area (Å²) in [7, 11) is 4.09. The van der Waals surface area contributed by atoms with Crippen molar-refractivity contribution < 1.29 is 50.9 Å². The molecule has 0 amide bonds. The number of halogens is 6. The lowest BCUT2D eigenvalue weighted by Crippen LogP contribution is -2.40. The van der Waals surface area contributed by atoms with Gasteiger partial charge in [-0.15, -0.1) is 11.3 Å². The number of carbonyl (C=O) groups is 2. The Morgan fingerprint density at radius 3 is 1.94 bits per heavy atom. The number of carboxylic acids is 2. The summed E-state index contributed by atoms with van der Waals surface area (Å²) < 4.78 is 68.9. The van der Waals surface area contributed by atoms with Gasteiger partial charge < -0.3 is 19.8 Å². The molecule has 3 rings (SSSR count). The number of carboxylic acid groups (broad SMARTS) is 2. The molecule has 2 fully saturated rings. The van der Waals surface area contributed by atoms with Gasteiger partial charge in [-0.2, -0.15) is 26.3 Å². The normalized spacial score (nSPS) is 20.5. The van der Waals surface area contributed by atoms with Crippen LogP contribution in [-0.4, -0.2) is 90.7 Å². The molecule has 35 heavy (non-hydrogen) atoms. The van der Waals surface area contributed by atoms with E-state index >= 15 is 0 Å². The summed E-state index contributed by atoms with van der Waals surface area (Å²) in [4.78, 5) is 25.9. The molecule has 7 nitrogen and oxygen atoms in total. The minimum Gasteiger partial charge on any atom is -0.475 e. The maximum Gasteiger partial charge on any atom is 0.490 e. The lowest BCUT2D eigenvalue weighted by atomic mass is 9.76. The quantitative estimate of drug-likeness (QED) is 0.556. The number of likely N-dealkylation sites (N-methyl/N-ethyl adjacent to an activating group) is 1. The van der Waals surface area contributed by atoms with Gasteiger partial charge in [0.2, 0.25) is 0 Å². The highest BCUT2D eigenvalue weighted by atomic mass is 32.1. The van der Waals surface area contributed by atoms with Crippen LogP contribution in [0, 0.1) is 12.3 Å². The van der Waals surface area contributed by atoms with Gasteiger partial charge in [-0.25, -0.2) is 9.59 Å². The highest BCUT2D eigenvalue weighted by Gasteiger charge is 2.44. The summed E-state index contributed by atoms with van der Waals surface area (Å²) in [5, 5.41) is 14.2. The molecule has 0 radical (unpaired) electrons. The molecule has 1 spiro atoms. The summed E-state index contributed by atoms with van der Waals surface area (Å²) in [5.74, 6) is -5.51. The van der Waals surface area contributed by atoms with Crippen molar-refractivity contribution >= 4 is 23.3 Å². The van der Waals surface area contributed by atoms with Gasteiger partial charge in [0.25, 0.3) is 0 Å². The van der Waals surface area contributed by atoms with Crippen molar-refractivity contribution in [3.63, 3.8) is 0 Å². The van der Waals surface area contributed by atoms with Crippen LogP contribution < -0.4 is 0 Å². The first-order valence-electron chi connectivity index (χ1n) is 10.6. The van der Waals surface area contributed by atoms with E-state index in [1.807, 2.05) is 18.4 Å². The summed E-state index contributed by atoms with van der Waals surface area (Å²) in [6, 6.07) is 5.16. The zero-order valence-electron chi connectivity index (χ0n) is 19.6. The predicted molar refractivity (Wildman–Crippen MR) is 116 cm³/mol.